The third-order valence-electron chi connectivity index (χ3n) is 5.08. The first kappa shape index (κ1) is 16.7. The number of hydrogen-bond acceptors (Lipinski definition) is 3. The van der Waals surface area contributed by atoms with Crippen molar-refractivity contribution in [1.29, 1.82) is 0 Å². The molecular weight excluding hydrogens is 324 g/mol. The summed E-state index contributed by atoms with van der Waals surface area (Å²) < 4.78 is 5.42. The number of likely N-dealkylation sites (tertiary alicyclic amines) is 1. The zero-order valence-electron chi connectivity index (χ0n) is 14.9. The normalized spacial score (nSPS) is 17.4. The fourth-order valence-electron chi connectivity index (χ4n) is 3.62. The third-order valence-corrected chi connectivity index (χ3v) is 5.08. The lowest BCUT2D eigenvalue weighted by Gasteiger charge is -2.32. The molecule has 1 aliphatic heterocycles. The van der Waals surface area contributed by atoms with Crippen molar-refractivity contribution in [3.8, 4) is 11.3 Å². The number of rotatable bonds is 3. The van der Waals surface area contributed by atoms with E-state index in [2.05, 4.69) is 17.1 Å². The highest BCUT2D eigenvalue weighted by Gasteiger charge is 2.24. The SMILES string of the molecule is COC1CCCN(C(=O)c2ccc(-c3nccc4ccccc34)cc2)C1. The molecule has 1 fully saturated rings. The first-order valence-corrected chi connectivity index (χ1v) is 9.02. The van der Waals surface area contributed by atoms with Gasteiger partial charge in [-0.2, -0.15) is 0 Å². The maximum Gasteiger partial charge on any atom is 0.253 e. The number of amides is 1. The van der Waals surface area contributed by atoms with E-state index in [0.717, 1.165) is 41.4 Å². The minimum atomic E-state index is 0.0733. The quantitative estimate of drug-likeness (QED) is 0.715. The number of nitrogens with zero attached hydrogens (tertiary/aromatic N) is 2. The summed E-state index contributed by atoms with van der Waals surface area (Å²) in [6.07, 6.45) is 3.98. The van der Waals surface area contributed by atoms with Crippen LogP contribution in [0.1, 0.15) is 23.2 Å². The molecule has 4 heteroatoms. The molecule has 0 N–H and O–H groups in total. The van der Waals surface area contributed by atoms with Crippen molar-refractivity contribution in [2.24, 2.45) is 0 Å². The number of hydrogen-bond donors (Lipinski definition) is 0. The van der Waals surface area contributed by atoms with Gasteiger partial charge in [0.25, 0.3) is 5.91 Å². The van der Waals surface area contributed by atoms with E-state index in [4.69, 9.17) is 4.74 Å². The molecule has 4 nitrogen and oxygen atoms in total. The molecule has 132 valence electrons. The average Bonchev–Trinajstić information content (AvgIpc) is 2.73. The summed E-state index contributed by atoms with van der Waals surface area (Å²) in [6.45, 7) is 1.47. The van der Waals surface area contributed by atoms with Crippen LogP contribution in [0.25, 0.3) is 22.0 Å². The molecule has 1 saturated heterocycles. The molecule has 3 aromatic rings. The molecule has 0 aliphatic carbocycles. The number of carbonyl (C=O) groups excluding carboxylic acids is 1. The first-order valence-electron chi connectivity index (χ1n) is 9.02. The van der Waals surface area contributed by atoms with Crippen molar-refractivity contribution in [3.05, 3.63) is 66.4 Å². The summed E-state index contributed by atoms with van der Waals surface area (Å²) in [7, 11) is 1.71. The summed E-state index contributed by atoms with van der Waals surface area (Å²) in [5, 5.41) is 2.28. The predicted molar refractivity (Wildman–Crippen MR) is 103 cm³/mol. The minimum Gasteiger partial charge on any atom is -0.380 e. The first-order chi connectivity index (χ1) is 12.8. The number of carbonyl (C=O) groups is 1. The maximum absolute atomic E-state index is 12.8. The van der Waals surface area contributed by atoms with Crippen LogP contribution in [0.3, 0.4) is 0 Å². The Labute approximate surface area is 153 Å². The fraction of sp³-hybridized carbons (Fsp3) is 0.273. The van der Waals surface area contributed by atoms with Gasteiger partial charge in [-0.25, -0.2) is 0 Å². The summed E-state index contributed by atoms with van der Waals surface area (Å²) in [5.41, 5.74) is 2.68. The molecule has 1 atom stereocenters. The van der Waals surface area contributed by atoms with E-state index in [-0.39, 0.29) is 12.0 Å². The average molecular weight is 346 g/mol. The second kappa shape index (κ2) is 7.26. The van der Waals surface area contributed by atoms with Crippen molar-refractivity contribution < 1.29 is 9.53 Å². The zero-order chi connectivity index (χ0) is 17.9. The van der Waals surface area contributed by atoms with E-state index < -0.39 is 0 Å². The van der Waals surface area contributed by atoms with Gasteiger partial charge in [0.15, 0.2) is 0 Å². The molecule has 2 aromatic carbocycles. The number of pyridine rings is 1. The summed E-state index contributed by atoms with van der Waals surface area (Å²) >= 11 is 0. The lowest BCUT2D eigenvalue weighted by atomic mass is 10.0. The molecule has 1 aliphatic rings. The minimum absolute atomic E-state index is 0.0733. The Kier molecular flexibility index (Phi) is 4.67. The number of benzene rings is 2. The van der Waals surface area contributed by atoms with Crippen LogP contribution in [0.4, 0.5) is 0 Å². The van der Waals surface area contributed by atoms with Crippen LogP contribution in [0.15, 0.2) is 60.8 Å². The van der Waals surface area contributed by atoms with Crippen molar-refractivity contribution >= 4 is 16.7 Å². The Morgan fingerprint density at radius 3 is 2.73 bits per heavy atom. The van der Waals surface area contributed by atoms with Gasteiger partial charge in [0.2, 0.25) is 0 Å². The lowest BCUT2D eigenvalue weighted by Crippen LogP contribution is -2.42. The Bertz CT molecular complexity index is 916. The Morgan fingerprint density at radius 2 is 1.92 bits per heavy atom. The molecule has 0 radical (unpaired) electrons. The highest BCUT2D eigenvalue weighted by Crippen LogP contribution is 2.27. The number of piperidine rings is 1. The zero-order valence-corrected chi connectivity index (χ0v) is 14.9. The third kappa shape index (κ3) is 3.20. The standard InChI is InChI=1S/C22H22N2O2/c1-26-19-6-4-14-24(15-19)22(25)18-10-8-17(9-11-18)21-20-7-3-2-5-16(20)12-13-23-21/h2-3,5,7-13,19H,4,6,14-15H2,1H3. The van der Waals surface area contributed by atoms with Crippen molar-refractivity contribution in [2.75, 3.05) is 20.2 Å². The largest absolute Gasteiger partial charge is 0.380 e. The number of ether oxygens (including phenoxy) is 1. The smallest absolute Gasteiger partial charge is 0.253 e. The van der Waals surface area contributed by atoms with Crippen molar-refractivity contribution in [3.63, 3.8) is 0 Å². The topological polar surface area (TPSA) is 42.4 Å². The molecule has 4 rings (SSSR count). The van der Waals surface area contributed by atoms with Gasteiger partial charge >= 0.3 is 0 Å². The molecule has 0 saturated carbocycles. The van der Waals surface area contributed by atoms with Crippen molar-refractivity contribution in [1.82, 2.24) is 9.88 Å². The monoisotopic (exact) mass is 346 g/mol. The number of methoxy groups -OCH3 is 1. The van der Waals surface area contributed by atoms with E-state index >= 15 is 0 Å². The highest BCUT2D eigenvalue weighted by atomic mass is 16.5. The van der Waals surface area contributed by atoms with Gasteiger partial charge in [-0.05, 0) is 36.4 Å². The predicted octanol–water partition coefficient (Wildman–Crippen LogP) is 4.15. The second-order valence-electron chi connectivity index (χ2n) is 6.71. The van der Waals surface area contributed by atoms with Gasteiger partial charge in [0, 0.05) is 42.9 Å². The summed E-state index contributed by atoms with van der Waals surface area (Å²) in [4.78, 5) is 19.2. The van der Waals surface area contributed by atoms with Crippen LogP contribution in [0, 0.1) is 0 Å². The van der Waals surface area contributed by atoms with Gasteiger partial charge in [-0.3, -0.25) is 9.78 Å². The fourth-order valence-corrected chi connectivity index (χ4v) is 3.62. The van der Waals surface area contributed by atoms with Crippen LogP contribution >= 0.6 is 0 Å². The highest BCUT2D eigenvalue weighted by molar-refractivity contribution is 5.97. The molecule has 1 unspecified atom stereocenters. The number of aromatic nitrogens is 1. The molecule has 0 spiro atoms. The van der Waals surface area contributed by atoms with Gasteiger partial charge in [0.05, 0.1) is 11.8 Å². The Hall–Kier alpha value is -2.72. The van der Waals surface area contributed by atoms with Gasteiger partial charge in [0.1, 0.15) is 0 Å². The molecular formula is C22H22N2O2. The molecule has 2 heterocycles. The van der Waals surface area contributed by atoms with E-state index in [1.54, 1.807) is 7.11 Å². The summed E-state index contributed by atoms with van der Waals surface area (Å²) in [5.74, 6) is 0.0733. The second-order valence-corrected chi connectivity index (χ2v) is 6.71. The Balaban J connectivity index is 1.59. The van der Waals surface area contributed by atoms with Crippen LogP contribution in [-0.4, -0.2) is 42.1 Å². The van der Waals surface area contributed by atoms with E-state index in [1.807, 2.05) is 53.6 Å². The molecule has 26 heavy (non-hydrogen) atoms. The van der Waals surface area contributed by atoms with E-state index in [9.17, 15) is 4.79 Å². The molecule has 1 amide bonds. The van der Waals surface area contributed by atoms with Crippen LogP contribution in [0.5, 0.6) is 0 Å². The van der Waals surface area contributed by atoms with Crippen LogP contribution < -0.4 is 0 Å². The van der Waals surface area contributed by atoms with E-state index in [1.165, 1.54) is 0 Å². The molecule has 1 aromatic heterocycles. The lowest BCUT2D eigenvalue weighted by molar-refractivity contribution is 0.0269. The van der Waals surface area contributed by atoms with Crippen LogP contribution in [0.2, 0.25) is 0 Å². The van der Waals surface area contributed by atoms with Crippen molar-refractivity contribution in [2.45, 2.75) is 18.9 Å². The van der Waals surface area contributed by atoms with Crippen LogP contribution in [-0.2, 0) is 4.74 Å². The summed E-state index contributed by atoms with van der Waals surface area (Å²) in [6, 6.07) is 18.0. The van der Waals surface area contributed by atoms with E-state index in [0.29, 0.717) is 12.1 Å². The van der Waals surface area contributed by atoms with Gasteiger partial charge in [-0.15, -0.1) is 0 Å². The maximum atomic E-state index is 12.8. The number of fused-ring (bicyclic) bond motifs is 1. The van der Waals surface area contributed by atoms with Gasteiger partial charge in [-0.1, -0.05) is 36.4 Å². The van der Waals surface area contributed by atoms with Gasteiger partial charge < -0.3 is 9.64 Å². The Morgan fingerprint density at radius 1 is 1.12 bits per heavy atom. The molecule has 0 bridgehead atoms.